The van der Waals surface area contributed by atoms with Crippen molar-refractivity contribution in [1.29, 1.82) is 0 Å². The summed E-state index contributed by atoms with van der Waals surface area (Å²) in [5, 5.41) is 7.24. The van der Waals surface area contributed by atoms with Crippen LogP contribution in [0.5, 0.6) is 0 Å². The number of para-hydroxylation sites is 2. The van der Waals surface area contributed by atoms with E-state index in [1.54, 1.807) is 88.4 Å². The van der Waals surface area contributed by atoms with E-state index in [4.69, 9.17) is 5.10 Å². The molecule has 274 valence electrons. The van der Waals surface area contributed by atoms with Gasteiger partial charge in [0.15, 0.2) is 0 Å². The van der Waals surface area contributed by atoms with Crippen LogP contribution >= 0.6 is 44.1 Å². The fourth-order valence-corrected chi connectivity index (χ4v) is 15.8. The summed E-state index contributed by atoms with van der Waals surface area (Å²) in [5.74, 6) is 0.953. The van der Waals surface area contributed by atoms with Crippen LogP contribution in [0, 0.1) is 4.01 Å². The third-order valence-electron chi connectivity index (χ3n) is 10.6. The number of hydrogen-bond donors (Lipinski definition) is 0. The third kappa shape index (κ3) is 10.6. The van der Waals surface area contributed by atoms with E-state index in [0.717, 1.165) is 22.8 Å². The minimum atomic E-state index is -0.223. The number of benzene rings is 3. The monoisotopic (exact) mass is 847 g/mol. The zero-order valence-electron chi connectivity index (χ0n) is 29.7. The number of aromatic nitrogens is 3. The molecule has 0 radical (unpaired) electrons. The molecule has 0 aliphatic heterocycles. The number of rotatable bonds is 7. The molecule has 0 N–H and O–H groups in total. The zero-order valence-corrected chi connectivity index (χ0v) is 34.8. The van der Waals surface area contributed by atoms with Crippen molar-refractivity contribution in [1.82, 2.24) is 14.3 Å². The van der Waals surface area contributed by atoms with Gasteiger partial charge in [0.1, 0.15) is 0 Å². The van der Waals surface area contributed by atoms with Crippen LogP contribution in [-0.2, 0) is 16.2 Å². The third-order valence-corrected chi connectivity index (χ3v) is 17.8. The maximum atomic E-state index is 5.11. The van der Waals surface area contributed by atoms with E-state index in [-0.39, 0.29) is 41.0 Å². The van der Waals surface area contributed by atoms with Gasteiger partial charge in [-0.25, -0.2) is 0 Å². The van der Waals surface area contributed by atoms with Gasteiger partial charge in [0, 0.05) is 0 Å². The van der Waals surface area contributed by atoms with Crippen molar-refractivity contribution in [2.45, 2.75) is 113 Å². The summed E-state index contributed by atoms with van der Waals surface area (Å²) < 4.78 is 7.98. The molecular formula is C43H54Cl2N3PRuS. The van der Waals surface area contributed by atoms with Gasteiger partial charge in [-0.1, -0.05) is 65.7 Å². The Morgan fingerprint density at radius 2 is 1.04 bits per heavy atom. The molecule has 0 bridgehead atoms. The van der Waals surface area contributed by atoms with Crippen LogP contribution in [-0.4, -0.2) is 35.9 Å². The fraction of sp³-hybridized carbons (Fsp3) is 0.419. The number of halogens is 2. The Hall–Kier alpha value is -2.00. The van der Waals surface area contributed by atoms with Crippen LogP contribution < -0.4 is 0 Å². The molecular weight excluding hydrogens is 794 g/mol. The van der Waals surface area contributed by atoms with E-state index in [2.05, 4.69) is 110 Å². The fourth-order valence-electron chi connectivity index (χ4n) is 8.23. The van der Waals surface area contributed by atoms with Gasteiger partial charge in [0.05, 0.1) is 0 Å². The van der Waals surface area contributed by atoms with E-state index in [0.29, 0.717) is 7.92 Å². The first-order valence-corrected chi connectivity index (χ1v) is 23.1. The van der Waals surface area contributed by atoms with Gasteiger partial charge in [0.25, 0.3) is 0 Å². The van der Waals surface area contributed by atoms with Gasteiger partial charge in [-0.05, 0) is 55.5 Å². The summed E-state index contributed by atoms with van der Waals surface area (Å²) in [6.45, 7) is 0. The van der Waals surface area contributed by atoms with E-state index in [9.17, 15) is 0 Å². The Morgan fingerprint density at radius 1 is 0.569 bits per heavy atom. The average Bonchev–Trinajstić information content (AvgIpc) is 3.85. The summed E-state index contributed by atoms with van der Waals surface area (Å²) >= 11 is 1.55. The summed E-state index contributed by atoms with van der Waals surface area (Å²) in [6.07, 6.45) is 23.6. The van der Waals surface area contributed by atoms with Crippen molar-refractivity contribution >= 4 is 48.7 Å². The van der Waals surface area contributed by atoms with Gasteiger partial charge in [0.2, 0.25) is 0 Å². The standard InChI is InChI=1S/C20H15N3.C18H33P.C5H4S.2ClH.Ru/c1-4-10-17(11-5-1)20-21-23(19-14-8-3-9-15-19)16-22(20)18-12-6-2-7-13-18;1-4-10-16(11-5-1)19(17-12-6-2-7-13-17)18-14-8-3-9-15-18;1-5-3-2-4-6-5;;;/h1-15H;16-18H,1-15H2;1-4H;2*1H;. The van der Waals surface area contributed by atoms with Gasteiger partial charge < -0.3 is 0 Å². The molecule has 3 aromatic carbocycles. The van der Waals surface area contributed by atoms with Crippen molar-refractivity contribution in [3.05, 3.63) is 117 Å². The van der Waals surface area contributed by atoms with E-state index < -0.39 is 0 Å². The van der Waals surface area contributed by atoms with E-state index >= 15 is 0 Å². The summed E-state index contributed by atoms with van der Waals surface area (Å²) in [4.78, 5) is 1.30. The Labute approximate surface area is 330 Å². The zero-order chi connectivity index (χ0) is 33.1. The second kappa shape index (κ2) is 21.0. The molecule has 0 spiro atoms. The molecule has 2 heterocycles. The molecule has 3 aliphatic rings. The topological polar surface area (TPSA) is 22.8 Å². The van der Waals surface area contributed by atoms with Crippen LogP contribution in [0.1, 0.15) is 101 Å². The quantitative estimate of drug-likeness (QED) is 0.118. The van der Waals surface area contributed by atoms with E-state index in [1.807, 2.05) is 12.1 Å². The predicted octanol–water partition coefficient (Wildman–Crippen LogP) is 13.2. The first-order chi connectivity index (χ1) is 24.3. The van der Waals surface area contributed by atoms with Crippen molar-refractivity contribution in [3.63, 3.8) is 0 Å². The summed E-state index contributed by atoms with van der Waals surface area (Å²) in [5.41, 5.74) is 6.88. The Morgan fingerprint density at radius 3 is 1.51 bits per heavy atom. The second-order valence-electron chi connectivity index (χ2n) is 13.9. The first-order valence-electron chi connectivity index (χ1n) is 18.8. The van der Waals surface area contributed by atoms with Crippen LogP contribution in [0.4, 0.5) is 0 Å². The van der Waals surface area contributed by atoms with Gasteiger partial charge in [-0.15, -0.1) is 24.8 Å². The molecule has 5 aromatic rings. The Bertz CT molecular complexity index is 1760. The normalized spacial score (nSPS) is 17.1. The molecule has 3 saturated carbocycles. The van der Waals surface area contributed by atoms with Crippen molar-refractivity contribution < 1.29 is 16.2 Å². The second-order valence-corrected chi connectivity index (χ2v) is 19.8. The SMILES string of the molecule is C1CCC(P(C2CCCCC2)C2CCCCC2)CC1.Cl.Cl.[CH](=[Ru]=[c]1n(-c2ccccc2)nc(-c2ccccc2)n1-c1ccccc1)c1cccs1. The number of thiophene rings is 1. The van der Waals surface area contributed by atoms with Crippen molar-refractivity contribution in [3.8, 4) is 22.8 Å². The molecule has 2 aromatic heterocycles. The van der Waals surface area contributed by atoms with Gasteiger partial charge in [-0.3, -0.25) is 0 Å². The van der Waals surface area contributed by atoms with Crippen LogP contribution in [0.15, 0.2) is 109 Å². The van der Waals surface area contributed by atoms with Crippen LogP contribution in [0.2, 0.25) is 0 Å². The van der Waals surface area contributed by atoms with Crippen LogP contribution in [0.25, 0.3) is 22.8 Å². The maximum absolute atomic E-state index is 5.11. The molecule has 0 amide bonds. The molecule has 0 unspecified atom stereocenters. The summed E-state index contributed by atoms with van der Waals surface area (Å²) in [7, 11) is 0.385. The first kappa shape index (κ1) is 40.2. The van der Waals surface area contributed by atoms with E-state index in [1.165, 1.54) is 45.1 Å². The average molecular weight is 848 g/mol. The van der Waals surface area contributed by atoms with Gasteiger partial charge in [-0.2, -0.15) is 0 Å². The Kier molecular flexibility index (Phi) is 16.6. The van der Waals surface area contributed by atoms with Crippen molar-refractivity contribution in [2.75, 3.05) is 0 Å². The van der Waals surface area contributed by atoms with Crippen LogP contribution in [0.3, 0.4) is 0 Å². The molecule has 8 heteroatoms. The molecule has 0 atom stereocenters. The Balaban J connectivity index is 0.000000209. The molecule has 51 heavy (non-hydrogen) atoms. The van der Waals surface area contributed by atoms with Gasteiger partial charge >= 0.3 is 187 Å². The predicted molar refractivity (Wildman–Crippen MR) is 223 cm³/mol. The van der Waals surface area contributed by atoms with Crippen molar-refractivity contribution in [2.24, 2.45) is 0 Å². The summed E-state index contributed by atoms with van der Waals surface area (Å²) in [6, 6.07) is 35.6. The molecule has 3 aliphatic carbocycles. The number of hydrogen-bond acceptors (Lipinski definition) is 2. The molecule has 8 rings (SSSR count). The number of nitrogens with zero attached hydrogens (tertiary/aromatic N) is 3. The molecule has 3 nitrogen and oxygen atoms in total. The molecule has 3 fully saturated rings. The minimum absolute atomic E-state index is 0. The molecule has 0 saturated heterocycles.